The van der Waals surface area contributed by atoms with E-state index in [0.717, 1.165) is 11.1 Å². The molecule has 25 heavy (non-hydrogen) atoms. The number of methoxy groups -OCH3 is 1. The Morgan fingerprint density at radius 1 is 1.24 bits per heavy atom. The fourth-order valence-corrected chi connectivity index (χ4v) is 3.17. The van der Waals surface area contributed by atoms with E-state index in [4.69, 9.17) is 40.2 Å². The predicted octanol–water partition coefficient (Wildman–Crippen LogP) is 4.73. The van der Waals surface area contributed by atoms with Gasteiger partial charge in [-0.2, -0.15) is 14.9 Å². The summed E-state index contributed by atoms with van der Waals surface area (Å²) in [6.07, 6.45) is 2.23. The molecule has 0 atom stereocenters. The second-order valence-corrected chi connectivity index (χ2v) is 6.38. The molecule has 5 nitrogen and oxygen atoms in total. The van der Waals surface area contributed by atoms with Gasteiger partial charge < -0.3 is 4.74 Å². The first-order valence-corrected chi connectivity index (χ1v) is 8.52. The van der Waals surface area contributed by atoms with Crippen LogP contribution in [0.15, 0.2) is 47.6 Å². The van der Waals surface area contributed by atoms with Crippen LogP contribution >= 0.6 is 35.4 Å². The van der Waals surface area contributed by atoms with Crippen LogP contribution in [0, 0.1) is 4.77 Å². The smallest absolute Gasteiger partial charge is 0.216 e. The molecule has 0 saturated heterocycles. The molecular weight excluding hydrogens is 379 g/mol. The van der Waals surface area contributed by atoms with Crippen molar-refractivity contribution in [1.82, 2.24) is 14.9 Å². The second-order valence-electron chi connectivity index (χ2n) is 5.18. The average molecular weight is 393 g/mol. The predicted molar refractivity (Wildman–Crippen MR) is 103 cm³/mol. The highest BCUT2D eigenvalue weighted by Crippen LogP contribution is 2.33. The molecular formula is C17H14Cl2N4OS. The van der Waals surface area contributed by atoms with Crippen LogP contribution in [-0.2, 0) is 6.42 Å². The van der Waals surface area contributed by atoms with E-state index in [-0.39, 0.29) is 0 Å². The van der Waals surface area contributed by atoms with Crippen LogP contribution in [0.5, 0.6) is 5.75 Å². The Bertz CT molecular complexity index is 943. The molecule has 0 spiro atoms. The number of rotatable bonds is 5. The van der Waals surface area contributed by atoms with E-state index in [9.17, 15) is 0 Å². The van der Waals surface area contributed by atoms with E-state index in [1.54, 1.807) is 23.0 Å². The summed E-state index contributed by atoms with van der Waals surface area (Å²) in [5.41, 5.74) is 1.84. The maximum Gasteiger partial charge on any atom is 0.216 e. The Balaban J connectivity index is 1.90. The number of aromatic amines is 1. The van der Waals surface area contributed by atoms with Gasteiger partial charge in [-0.15, -0.1) is 0 Å². The van der Waals surface area contributed by atoms with Gasteiger partial charge in [0, 0.05) is 6.42 Å². The van der Waals surface area contributed by atoms with Crippen LogP contribution in [-0.4, -0.2) is 28.2 Å². The summed E-state index contributed by atoms with van der Waals surface area (Å²) >= 11 is 17.6. The van der Waals surface area contributed by atoms with E-state index in [0.29, 0.717) is 32.8 Å². The third-order valence-electron chi connectivity index (χ3n) is 3.47. The molecule has 0 radical (unpaired) electrons. The minimum Gasteiger partial charge on any atom is -0.494 e. The number of benzene rings is 2. The van der Waals surface area contributed by atoms with Crippen molar-refractivity contribution in [2.45, 2.75) is 6.42 Å². The summed E-state index contributed by atoms with van der Waals surface area (Å²) in [4.78, 5) is 0. The maximum atomic E-state index is 6.15. The molecule has 3 rings (SSSR count). The SMILES string of the molecule is COc1c(Cl)cc(/C=N\n2c(Cc3ccccc3)n[nH]c2=S)cc1Cl. The summed E-state index contributed by atoms with van der Waals surface area (Å²) < 4.78 is 7.13. The van der Waals surface area contributed by atoms with E-state index in [1.807, 2.05) is 30.3 Å². The van der Waals surface area contributed by atoms with Crippen LogP contribution in [0.4, 0.5) is 0 Å². The Labute approximate surface area is 159 Å². The quantitative estimate of drug-likeness (QED) is 0.504. The van der Waals surface area contributed by atoms with Gasteiger partial charge >= 0.3 is 0 Å². The lowest BCUT2D eigenvalue weighted by molar-refractivity contribution is 0.415. The van der Waals surface area contributed by atoms with Crippen molar-refractivity contribution >= 4 is 41.6 Å². The summed E-state index contributed by atoms with van der Waals surface area (Å²) in [5.74, 6) is 1.14. The van der Waals surface area contributed by atoms with Gasteiger partial charge in [-0.05, 0) is 35.5 Å². The highest BCUT2D eigenvalue weighted by Gasteiger charge is 2.09. The van der Waals surface area contributed by atoms with Crippen molar-refractivity contribution in [3.8, 4) is 5.75 Å². The third-order valence-corrected chi connectivity index (χ3v) is 4.30. The second kappa shape index (κ2) is 7.82. The molecule has 0 aliphatic heterocycles. The lowest BCUT2D eigenvalue weighted by atomic mass is 10.1. The number of nitrogens with zero attached hydrogens (tertiary/aromatic N) is 3. The normalized spacial score (nSPS) is 11.2. The van der Waals surface area contributed by atoms with Crippen molar-refractivity contribution < 1.29 is 4.74 Å². The van der Waals surface area contributed by atoms with Gasteiger partial charge in [-0.25, -0.2) is 0 Å². The van der Waals surface area contributed by atoms with Gasteiger partial charge in [0.25, 0.3) is 0 Å². The zero-order valence-electron chi connectivity index (χ0n) is 13.2. The first-order chi connectivity index (χ1) is 12.1. The van der Waals surface area contributed by atoms with Crippen molar-refractivity contribution in [3.63, 3.8) is 0 Å². The molecule has 3 aromatic rings. The zero-order valence-corrected chi connectivity index (χ0v) is 15.6. The molecule has 0 amide bonds. The molecule has 2 aromatic carbocycles. The molecule has 1 N–H and O–H groups in total. The fraction of sp³-hybridized carbons (Fsp3) is 0.118. The highest BCUT2D eigenvalue weighted by molar-refractivity contribution is 7.71. The number of halogens is 2. The zero-order chi connectivity index (χ0) is 17.8. The summed E-state index contributed by atoms with van der Waals surface area (Å²) in [5, 5.41) is 12.2. The third kappa shape index (κ3) is 4.10. The minimum absolute atomic E-state index is 0.410. The van der Waals surface area contributed by atoms with Crippen LogP contribution in [0.3, 0.4) is 0 Å². The molecule has 0 saturated carbocycles. The van der Waals surface area contributed by atoms with Crippen LogP contribution in [0.2, 0.25) is 10.0 Å². The molecule has 0 unspecified atom stereocenters. The number of nitrogens with one attached hydrogen (secondary N) is 1. The Kier molecular flexibility index (Phi) is 5.53. The van der Waals surface area contributed by atoms with Gasteiger partial charge in [-0.1, -0.05) is 53.5 Å². The monoisotopic (exact) mass is 392 g/mol. The molecule has 1 heterocycles. The number of hydrogen-bond acceptors (Lipinski definition) is 4. The maximum absolute atomic E-state index is 6.15. The molecule has 0 aliphatic carbocycles. The van der Waals surface area contributed by atoms with Crippen LogP contribution in [0.1, 0.15) is 17.0 Å². The van der Waals surface area contributed by atoms with Crippen LogP contribution < -0.4 is 4.74 Å². The van der Waals surface area contributed by atoms with Crippen molar-refractivity contribution in [2.75, 3.05) is 7.11 Å². The molecule has 0 aliphatic rings. The van der Waals surface area contributed by atoms with Crippen molar-refractivity contribution in [3.05, 3.63) is 74.2 Å². The number of H-pyrrole nitrogens is 1. The van der Waals surface area contributed by atoms with Gasteiger partial charge in [-0.3, -0.25) is 5.10 Å². The molecule has 8 heteroatoms. The Morgan fingerprint density at radius 3 is 2.56 bits per heavy atom. The molecule has 0 bridgehead atoms. The highest BCUT2D eigenvalue weighted by atomic mass is 35.5. The van der Waals surface area contributed by atoms with E-state index >= 15 is 0 Å². The molecule has 128 valence electrons. The van der Waals surface area contributed by atoms with E-state index < -0.39 is 0 Å². The van der Waals surface area contributed by atoms with Gasteiger partial charge in [0.15, 0.2) is 11.6 Å². The van der Waals surface area contributed by atoms with Gasteiger partial charge in [0.1, 0.15) is 0 Å². The lowest BCUT2D eigenvalue weighted by Crippen LogP contribution is -2.00. The largest absolute Gasteiger partial charge is 0.494 e. The van der Waals surface area contributed by atoms with Crippen molar-refractivity contribution in [2.24, 2.45) is 5.10 Å². The Hall–Kier alpha value is -2.15. The summed E-state index contributed by atoms with van der Waals surface area (Å²) in [7, 11) is 1.52. The number of aromatic nitrogens is 3. The van der Waals surface area contributed by atoms with Gasteiger partial charge in [0.2, 0.25) is 4.77 Å². The van der Waals surface area contributed by atoms with Gasteiger partial charge in [0.05, 0.1) is 23.4 Å². The molecule has 1 aromatic heterocycles. The first-order valence-electron chi connectivity index (χ1n) is 7.36. The standard InChI is InChI=1S/C17H14Cl2N4OS/c1-24-16-13(18)7-12(8-14(16)19)10-20-23-15(21-22-17(23)25)9-11-5-3-2-4-6-11/h2-8,10H,9H2,1H3,(H,22,25)/b20-10-. The number of ether oxygens (including phenoxy) is 1. The van der Waals surface area contributed by atoms with Crippen molar-refractivity contribution in [1.29, 1.82) is 0 Å². The number of hydrogen-bond donors (Lipinski definition) is 1. The van der Waals surface area contributed by atoms with Crippen LogP contribution in [0.25, 0.3) is 0 Å². The summed E-state index contributed by atoms with van der Waals surface area (Å²) in [6.45, 7) is 0. The average Bonchev–Trinajstić information content (AvgIpc) is 2.93. The topological polar surface area (TPSA) is 55.2 Å². The molecule has 0 fully saturated rings. The van der Waals surface area contributed by atoms with E-state index in [1.165, 1.54) is 7.11 Å². The lowest BCUT2D eigenvalue weighted by Gasteiger charge is -2.06. The van der Waals surface area contributed by atoms with E-state index in [2.05, 4.69) is 15.3 Å². The summed E-state index contributed by atoms with van der Waals surface area (Å²) in [6, 6.07) is 13.4. The minimum atomic E-state index is 0.410. The Morgan fingerprint density at radius 2 is 1.92 bits per heavy atom. The first kappa shape index (κ1) is 17.7. The fourth-order valence-electron chi connectivity index (χ4n) is 2.31.